The molecule has 2 heterocycles. The van der Waals surface area contributed by atoms with Crippen molar-refractivity contribution in [2.45, 2.75) is 11.4 Å². The Bertz CT molecular complexity index is 1430. The van der Waals surface area contributed by atoms with Crippen molar-refractivity contribution >= 4 is 44.9 Å². The lowest BCUT2D eigenvalue weighted by Gasteiger charge is -2.19. The van der Waals surface area contributed by atoms with Crippen LogP contribution in [0.5, 0.6) is 0 Å². The molecule has 1 amide bonds. The van der Waals surface area contributed by atoms with Crippen LogP contribution < -0.4 is 9.62 Å². The Balaban J connectivity index is 1.60. The Hall–Kier alpha value is -3.94. The second-order valence-corrected chi connectivity index (χ2v) is 9.33. The largest absolute Gasteiger partial charge is 0.478 e. The number of pyridine rings is 1. The molecule has 11 heteroatoms. The number of para-hydroxylation sites is 1. The molecule has 9 nitrogen and oxygen atoms in total. The SMILES string of the molecule is N#Cc1cccc(C(=O)O)c1NC(=O)c1ccc(S(=O)(=O)N2CCc3cc(Cl)ccc32)nc1. The molecule has 0 unspecified atom stereocenters. The molecule has 0 spiro atoms. The van der Waals surface area contributed by atoms with Gasteiger partial charge in [-0.15, -0.1) is 0 Å². The van der Waals surface area contributed by atoms with Gasteiger partial charge in [-0.1, -0.05) is 17.7 Å². The first-order valence-corrected chi connectivity index (χ1v) is 11.4. The molecule has 166 valence electrons. The molecule has 3 aromatic rings. The monoisotopic (exact) mass is 482 g/mol. The Labute approximate surface area is 193 Å². The van der Waals surface area contributed by atoms with Crippen molar-refractivity contribution < 1.29 is 23.1 Å². The smallest absolute Gasteiger partial charge is 0.337 e. The third-order valence-electron chi connectivity index (χ3n) is 5.10. The summed E-state index contributed by atoms with van der Waals surface area (Å²) in [5, 5.41) is 21.2. The van der Waals surface area contributed by atoms with Crippen LogP contribution in [0, 0.1) is 11.3 Å². The number of hydrogen-bond acceptors (Lipinski definition) is 6. The maximum atomic E-state index is 13.1. The van der Waals surface area contributed by atoms with E-state index in [1.165, 1.54) is 34.6 Å². The van der Waals surface area contributed by atoms with Crippen molar-refractivity contribution in [2.75, 3.05) is 16.2 Å². The summed E-state index contributed by atoms with van der Waals surface area (Å²) in [6.07, 6.45) is 1.59. The number of carbonyl (C=O) groups is 2. The van der Waals surface area contributed by atoms with E-state index in [1.807, 2.05) is 6.07 Å². The van der Waals surface area contributed by atoms with E-state index in [9.17, 15) is 28.4 Å². The molecule has 0 saturated carbocycles. The van der Waals surface area contributed by atoms with Crippen LogP contribution in [0.4, 0.5) is 11.4 Å². The van der Waals surface area contributed by atoms with E-state index < -0.39 is 21.9 Å². The van der Waals surface area contributed by atoms with Gasteiger partial charge in [0, 0.05) is 17.8 Å². The molecule has 2 N–H and O–H groups in total. The zero-order valence-corrected chi connectivity index (χ0v) is 18.4. The van der Waals surface area contributed by atoms with E-state index in [0.29, 0.717) is 17.1 Å². The standard InChI is InChI=1S/C22H15ClN4O5S/c23-16-5-6-18-13(10-16)8-9-27(18)33(31,32)19-7-4-15(12-25-19)21(28)26-20-14(11-24)2-1-3-17(20)22(29)30/h1-7,10,12H,8-9H2,(H,26,28)(H,29,30). The maximum Gasteiger partial charge on any atom is 0.337 e. The van der Waals surface area contributed by atoms with E-state index >= 15 is 0 Å². The van der Waals surface area contributed by atoms with Gasteiger partial charge in [0.1, 0.15) is 6.07 Å². The number of hydrogen-bond donors (Lipinski definition) is 2. The number of rotatable bonds is 5. The van der Waals surface area contributed by atoms with Crippen LogP contribution in [0.2, 0.25) is 5.02 Å². The number of amides is 1. The molecule has 0 radical (unpaired) electrons. The number of carbonyl (C=O) groups excluding carboxylic acids is 1. The summed E-state index contributed by atoms with van der Waals surface area (Å²) in [6, 6.07) is 13.3. The van der Waals surface area contributed by atoms with E-state index in [-0.39, 0.29) is 33.9 Å². The average molecular weight is 483 g/mol. The van der Waals surface area contributed by atoms with Gasteiger partial charge in [-0.2, -0.15) is 13.7 Å². The second-order valence-electron chi connectivity index (χ2n) is 7.08. The highest BCUT2D eigenvalue weighted by atomic mass is 35.5. The quantitative estimate of drug-likeness (QED) is 0.568. The number of halogens is 1. The van der Waals surface area contributed by atoms with Crippen molar-refractivity contribution in [3.05, 3.63) is 82.0 Å². The summed E-state index contributed by atoms with van der Waals surface area (Å²) in [5.41, 5.74) is 0.906. The number of benzene rings is 2. The van der Waals surface area contributed by atoms with Crippen LogP contribution in [-0.2, 0) is 16.4 Å². The Morgan fingerprint density at radius 1 is 1.18 bits per heavy atom. The summed E-state index contributed by atoms with van der Waals surface area (Å²) >= 11 is 5.98. The van der Waals surface area contributed by atoms with E-state index in [0.717, 1.165) is 11.8 Å². The van der Waals surface area contributed by atoms with Crippen molar-refractivity contribution in [3.63, 3.8) is 0 Å². The van der Waals surface area contributed by atoms with Gasteiger partial charge in [-0.3, -0.25) is 9.10 Å². The van der Waals surface area contributed by atoms with Crippen molar-refractivity contribution in [1.29, 1.82) is 5.26 Å². The molecular weight excluding hydrogens is 468 g/mol. The third kappa shape index (κ3) is 4.11. The van der Waals surface area contributed by atoms with Gasteiger partial charge in [0.15, 0.2) is 5.03 Å². The number of carboxylic acids is 1. The molecular formula is C22H15ClN4O5S. The van der Waals surface area contributed by atoms with Crippen molar-refractivity contribution in [3.8, 4) is 6.07 Å². The number of aromatic carboxylic acids is 1. The van der Waals surface area contributed by atoms with Crippen LogP contribution in [-0.4, -0.2) is 36.9 Å². The van der Waals surface area contributed by atoms with Gasteiger partial charge in [0.25, 0.3) is 15.9 Å². The minimum Gasteiger partial charge on any atom is -0.478 e. The Morgan fingerprint density at radius 2 is 1.97 bits per heavy atom. The second kappa shape index (κ2) is 8.54. The number of anilines is 2. The van der Waals surface area contributed by atoms with Crippen molar-refractivity contribution in [1.82, 2.24) is 4.98 Å². The van der Waals surface area contributed by atoms with Crippen LogP contribution >= 0.6 is 11.6 Å². The highest BCUT2D eigenvalue weighted by molar-refractivity contribution is 7.92. The highest BCUT2D eigenvalue weighted by Gasteiger charge is 2.32. The number of sulfonamides is 1. The fourth-order valence-electron chi connectivity index (χ4n) is 3.51. The van der Waals surface area contributed by atoms with Crippen molar-refractivity contribution in [2.24, 2.45) is 0 Å². The average Bonchev–Trinajstić information content (AvgIpc) is 3.23. The molecule has 0 aliphatic carbocycles. The fraction of sp³-hybridized carbons (Fsp3) is 0.0909. The number of nitrogens with zero attached hydrogens (tertiary/aromatic N) is 3. The van der Waals surface area contributed by atoms with E-state index in [1.54, 1.807) is 18.2 Å². The Kier molecular flexibility index (Phi) is 5.76. The number of fused-ring (bicyclic) bond motifs is 1. The van der Waals surface area contributed by atoms with Crippen LogP contribution in [0.3, 0.4) is 0 Å². The summed E-state index contributed by atoms with van der Waals surface area (Å²) < 4.78 is 27.4. The molecule has 1 aromatic heterocycles. The van der Waals surface area contributed by atoms with Gasteiger partial charge in [0.05, 0.1) is 28.1 Å². The number of carboxylic acid groups (broad SMARTS) is 1. The molecule has 2 aromatic carbocycles. The first kappa shape index (κ1) is 22.3. The Morgan fingerprint density at radius 3 is 2.64 bits per heavy atom. The number of aromatic nitrogens is 1. The molecule has 4 rings (SSSR count). The minimum absolute atomic E-state index is 0.00774. The molecule has 0 saturated heterocycles. The highest BCUT2D eigenvalue weighted by Crippen LogP contribution is 2.34. The zero-order chi connectivity index (χ0) is 23.8. The van der Waals surface area contributed by atoms with Crippen LogP contribution in [0.15, 0.2) is 59.8 Å². The fourth-order valence-corrected chi connectivity index (χ4v) is 5.13. The normalized spacial score (nSPS) is 12.7. The van der Waals surface area contributed by atoms with Crippen LogP contribution in [0.25, 0.3) is 0 Å². The lowest BCUT2D eigenvalue weighted by Crippen LogP contribution is -2.30. The first-order valence-electron chi connectivity index (χ1n) is 9.57. The molecule has 33 heavy (non-hydrogen) atoms. The zero-order valence-electron chi connectivity index (χ0n) is 16.8. The topological polar surface area (TPSA) is 140 Å². The predicted molar refractivity (Wildman–Crippen MR) is 120 cm³/mol. The number of nitrogens with one attached hydrogen (secondary N) is 1. The molecule has 0 atom stereocenters. The third-order valence-corrected chi connectivity index (χ3v) is 7.07. The van der Waals surface area contributed by atoms with Gasteiger partial charge in [0.2, 0.25) is 0 Å². The van der Waals surface area contributed by atoms with Gasteiger partial charge < -0.3 is 10.4 Å². The maximum absolute atomic E-state index is 13.1. The van der Waals surface area contributed by atoms with Gasteiger partial charge >= 0.3 is 5.97 Å². The van der Waals surface area contributed by atoms with E-state index in [4.69, 9.17) is 11.6 Å². The van der Waals surface area contributed by atoms with E-state index in [2.05, 4.69) is 10.3 Å². The molecule has 0 bridgehead atoms. The van der Waals surface area contributed by atoms with Crippen LogP contribution in [0.1, 0.15) is 31.8 Å². The predicted octanol–water partition coefficient (Wildman–Crippen LogP) is 3.31. The summed E-state index contributed by atoms with van der Waals surface area (Å²) in [6.45, 7) is 0.241. The molecule has 0 fully saturated rings. The van der Waals surface area contributed by atoms with Gasteiger partial charge in [-0.25, -0.2) is 9.78 Å². The summed E-state index contributed by atoms with van der Waals surface area (Å²) in [5.74, 6) is -2.05. The molecule has 1 aliphatic heterocycles. The first-order chi connectivity index (χ1) is 15.7. The molecule has 1 aliphatic rings. The lowest BCUT2D eigenvalue weighted by atomic mass is 10.1. The minimum atomic E-state index is -3.97. The lowest BCUT2D eigenvalue weighted by molar-refractivity contribution is 0.0698. The van der Waals surface area contributed by atoms with Gasteiger partial charge in [-0.05, 0) is 54.4 Å². The summed E-state index contributed by atoms with van der Waals surface area (Å²) in [7, 11) is -3.97. The number of nitriles is 1. The summed E-state index contributed by atoms with van der Waals surface area (Å²) in [4.78, 5) is 28.0.